The van der Waals surface area contributed by atoms with E-state index in [0.717, 1.165) is 67.9 Å². The molecule has 0 bridgehead atoms. The third-order valence-electron chi connectivity index (χ3n) is 7.86. The fourth-order valence-electron chi connectivity index (χ4n) is 5.79. The molecule has 0 aliphatic carbocycles. The van der Waals surface area contributed by atoms with Crippen molar-refractivity contribution >= 4 is 22.2 Å². The summed E-state index contributed by atoms with van der Waals surface area (Å²) in [5.41, 5.74) is 6.12. The van der Waals surface area contributed by atoms with Crippen LogP contribution in [-0.2, 0) is 0 Å². The van der Waals surface area contributed by atoms with E-state index in [2.05, 4.69) is 36.4 Å². The number of hydrogen-bond donors (Lipinski definition) is 3. The van der Waals surface area contributed by atoms with E-state index >= 15 is 0 Å². The zero-order chi connectivity index (χ0) is 26.2. The Morgan fingerprint density at radius 2 is 1.90 bits per heavy atom. The van der Waals surface area contributed by atoms with Gasteiger partial charge in [0.2, 0.25) is 0 Å². The maximum atomic E-state index is 14.7. The Bertz CT molecular complexity index is 1620. The van der Waals surface area contributed by atoms with Crippen molar-refractivity contribution in [3.63, 3.8) is 0 Å². The number of pyridine rings is 2. The fraction of sp³-hybridized carbons (Fsp3) is 0.379. The third kappa shape index (κ3) is 4.86. The molecule has 0 saturated carbocycles. The lowest BCUT2D eigenvalue weighted by Crippen LogP contribution is -2.27. The number of rotatable bonds is 7. The largest absolute Gasteiger partial charge is 0.492 e. The normalized spacial score (nSPS) is 16.9. The number of likely N-dealkylation sites (tertiary alicyclic amines) is 1. The van der Waals surface area contributed by atoms with Crippen LogP contribution < -0.4 is 10.1 Å². The van der Waals surface area contributed by atoms with Crippen molar-refractivity contribution in [1.29, 1.82) is 0 Å². The minimum atomic E-state index is -0.346. The summed E-state index contributed by atoms with van der Waals surface area (Å²) < 4.78 is 20.6. The molecule has 2 fully saturated rings. The molecule has 1 aromatic carbocycles. The van der Waals surface area contributed by atoms with Crippen molar-refractivity contribution in [2.75, 3.05) is 39.3 Å². The number of nitrogens with zero attached hydrogens (tertiary/aromatic N) is 5. The van der Waals surface area contributed by atoms with Crippen LogP contribution in [0, 0.1) is 5.82 Å². The lowest BCUT2D eigenvalue weighted by Gasteiger charge is -2.22. The number of piperidine rings is 1. The van der Waals surface area contributed by atoms with E-state index in [1.54, 1.807) is 6.20 Å². The standard InChI is InChI=1S/C29H31FN8O/c30-20-15-19(16-21(17-20)39-14-13-38-11-1-2-12-38)22-7-10-32-28-25(22)34-29(35-28)27-26-24(36-37-27)4-3-23(33-26)18-5-8-31-9-6-18/h3-4,7,10,15-18,31H,1-2,5-6,8-9,11-14H2,(H,36,37)(H,32,34,35). The SMILES string of the molecule is Fc1cc(OCCN2CCCC2)cc(-c2ccnc3nc(-c4n[nH]c5ccc(C6CCNCC6)nc45)[nH]c23)c1. The van der Waals surface area contributed by atoms with E-state index in [0.29, 0.717) is 46.5 Å². The topological polar surface area (TPSA) is 108 Å². The van der Waals surface area contributed by atoms with Crippen molar-refractivity contribution in [2.45, 2.75) is 31.6 Å². The van der Waals surface area contributed by atoms with Crippen LogP contribution in [0.3, 0.4) is 0 Å². The smallest absolute Gasteiger partial charge is 0.178 e. The average Bonchev–Trinajstić information content (AvgIpc) is 3.72. The Balaban J connectivity index is 1.20. The highest BCUT2D eigenvalue weighted by Gasteiger charge is 2.21. The number of nitrogens with one attached hydrogen (secondary N) is 3. The lowest BCUT2D eigenvalue weighted by atomic mass is 9.94. The number of hydrogen-bond acceptors (Lipinski definition) is 7. The molecule has 39 heavy (non-hydrogen) atoms. The molecule has 0 amide bonds. The van der Waals surface area contributed by atoms with Crippen LogP contribution >= 0.6 is 0 Å². The Labute approximate surface area is 225 Å². The quantitative estimate of drug-likeness (QED) is 0.284. The summed E-state index contributed by atoms with van der Waals surface area (Å²) >= 11 is 0. The number of aromatic amines is 2. The maximum Gasteiger partial charge on any atom is 0.178 e. The molecule has 10 heteroatoms. The first-order valence-electron chi connectivity index (χ1n) is 13.8. The highest BCUT2D eigenvalue weighted by atomic mass is 19.1. The Morgan fingerprint density at radius 3 is 2.77 bits per heavy atom. The predicted molar refractivity (Wildman–Crippen MR) is 148 cm³/mol. The molecule has 4 aromatic heterocycles. The van der Waals surface area contributed by atoms with Crippen LogP contribution in [0.15, 0.2) is 42.6 Å². The second kappa shape index (κ2) is 10.3. The number of halogens is 1. The number of H-pyrrole nitrogens is 2. The van der Waals surface area contributed by atoms with E-state index in [1.807, 2.05) is 18.2 Å². The van der Waals surface area contributed by atoms with Crippen LogP contribution in [0.25, 0.3) is 44.8 Å². The molecular weight excluding hydrogens is 495 g/mol. The second-order valence-electron chi connectivity index (χ2n) is 10.4. The second-order valence-corrected chi connectivity index (χ2v) is 10.4. The summed E-state index contributed by atoms with van der Waals surface area (Å²) in [4.78, 5) is 20.0. The molecule has 2 aliphatic rings. The summed E-state index contributed by atoms with van der Waals surface area (Å²) in [7, 11) is 0. The van der Waals surface area contributed by atoms with Gasteiger partial charge in [-0.05, 0) is 87.8 Å². The van der Waals surface area contributed by atoms with E-state index in [9.17, 15) is 4.39 Å². The van der Waals surface area contributed by atoms with Crippen molar-refractivity contribution < 1.29 is 9.13 Å². The molecule has 0 spiro atoms. The molecule has 9 nitrogen and oxygen atoms in total. The molecule has 200 valence electrons. The van der Waals surface area contributed by atoms with E-state index in [4.69, 9.17) is 14.7 Å². The number of aromatic nitrogens is 6. The van der Waals surface area contributed by atoms with Gasteiger partial charge < -0.3 is 15.0 Å². The van der Waals surface area contributed by atoms with Crippen LogP contribution in [0.2, 0.25) is 0 Å². The average molecular weight is 527 g/mol. The van der Waals surface area contributed by atoms with Gasteiger partial charge in [-0.1, -0.05) is 0 Å². The van der Waals surface area contributed by atoms with Gasteiger partial charge in [0.25, 0.3) is 0 Å². The molecule has 6 heterocycles. The molecule has 0 radical (unpaired) electrons. The van der Waals surface area contributed by atoms with Gasteiger partial charge in [-0.2, -0.15) is 5.10 Å². The number of ether oxygens (including phenoxy) is 1. The predicted octanol–water partition coefficient (Wildman–Crippen LogP) is 4.64. The van der Waals surface area contributed by atoms with Gasteiger partial charge in [-0.25, -0.2) is 19.3 Å². The Morgan fingerprint density at radius 1 is 1.03 bits per heavy atom. The molecule has 2 saturated heterocycles. The molecule has 2 aliphatic heterocycles. The Hall–Kier alpha value is -3.89. The van der Waals surface area contributed by atoms with Crippen LogP contribution in [0.5, 0.6) is 5.75 Å². The van der Waals surface area contributed by atoms with Gasteiger partial charge in [0.05, 0.1) is 11.0 Å². The molecule has 7 rings (SSSR count). The van der Waals surface area contributed by atoms with E-state index < -0.39 is 0 Å². The molecule has 3 N–H and O–H groups in total. The van der Waals surface area contributed by atoms with Crippen LogP contribution in [0.1, 0.15) is 37.3 Å². The molecule has 0 unspecified atom stereocenters. The molecule has 0 atom stereocenters. The summed E-state index contributed by atoms with van der Waals surface area (Å²) in [5.74, 6) is 1.18. The van der Waals surface area contributed by atoms with Crippen LogP contribution in [-0.4, -0.2) is 74.4 Å². The monoisotopic (exact) mass is 526 g/mol. The highest BCUT2D eigenvalue weighted by molar-refractivity contribution is 5.94. The van der Waals surface area contributed by atoms with Gasteiger partial charge in [0, 0.05) is 36.0 Å². The van der Waals surface area contributed by atoms with Crippen molar-refractivity contribution in [2.24, 2.45) is 0 Å². The molecular formula is C29H31FN8O. The van der Waals surface area contributed by atoms with Crippen LogP contribution in [0.4, 0.5) is 4.39 Å². The number of fused-ring (bicyclic) bond motifs is 2. The third-order valence-corrected chi connectivity index (χ3v) is 7.86. The van der Waals surface area contributed by atoms with Gasteiger partial charge in [-0.15, -0.1) is 0 Å². The van der Waals surface area contributed by atoms with Gasteiger partial charge >= 0.3 is 0 Å². The summed E-state index contributed by atoms with van der Waals surface area (Å²) in [6.45, 7) is 5.60. The van der Waals surface area contributed by atoms with Crippen molar-refractivity contribution in [3.05, 3.63) is 54.1 Å². The zero-order valence-corrected chi connectivity index (χ0v) is 21.7. The number of benzene rings is 1. The molecule has 5 aromatic rings. The first-order valence-corrected chi connectivity index (χ1v) is 13.8. The zero-order valence-electron chi connectivity index (χ0n) is 21.7. The lowest BCUT2D eigenvalue weighted by molar-refractivity contribution is 0.237. The van der Waals surface area contributed by atoms with Crippen molar-refractivity contribution in [1.82, 2.24) is 40.3 Å². The minimum absolute atomic E-state index is 0.346. The minimum Gasteiger partial charge on any atom is -0.492 e. The fourth-order valence-corrected chi connectivity index (χ4v) is 5.79. The first-order chi connectivity index (χ1) is 19.2. The summed E-state index contributed by atoms with van der Waals surface area (Å²) in [6.07, 6.45) is 6.30. The maximum absolute atomic E-state index is 14.7. The van der Waals surface area contributed by atoms with E-state index in [-0.39, 0.29) is 5.82 Å². The first kappa shape index (κ1) is 24.2. The van der Waals surface area contributed by atoms with Gasteiger partial charge in [0.15, 0.2) is 17.2 Å². The number of imidazole rings is 1. The highest BCUT2D eigenvalue weighted by Crippen LogP contribution is 2.33. The Kier molecular flexibility index (Phi) is 6.41. The van der Waals surface area contributed by atoms with Gasteiger partial charge in [0.1, 0.15) is 23.7 Å². The van der Waals surface area contributed by atoms with E-state index in [1.165, 1.54) is 25.0 Å². The summed E-state index contributed by atoms with van der Waals surface area (Å²) in [6, 6.07) is 10.8. The summed E-state index contributed by atoms with van der Waals surface area (Å²) in [5, 5.41) is 11.0. The van der Waals surface area contributed by atoms with Gasteiger partial charge in [-0.3, -0.25) is 10.00 Å². The van der Waals surface area contributed by atoms with Crippen molar-refractivity contribution in [3.8, 4) is 28.4 Å².